The number of hydrogen-bond acceptors (Lipinski definition) is 4. The van der Waals surface area contributed by atoms with Crippen LogP contribution < -0.4 is 10.1 Å². The Kier molecular flexibility index (Phi) is 4.20. The molecular weight excluding hydrogens is 308 g/mol. The Bertz CT molecular complexity index is 817. The monoisotopic (exact) mass is 326 g/mol. The lowest BCUT2D eigenvalue weighted by Gasteiger charge is -2.29. The molecule has 0 radical (unpaired) electrons. The van der Waals surface area contributed by atoms with Crippen LogP contribution in [-0.2, 0) is 0 Å². The molecule has 2 N–H and O–H groups in total. The van der Waals surface area contributed by atoms with Crippen molar-refractivity contribution in [3.63, 3.8) is 0 Å². The first-order valence-electron chi connectivity index (χ1n) is 7.69. The lowest BCUT2D eigenvalue weighted by atomic mass is 9.93. The molecule has 124 valence electrons. The van der Waals surface area contributed by atoms with Gasteiger partial charge in [-0.25, -0.2) is 4.79 Å². The molecule has 1 aliphatic rings. The number of nitrogens with one attached hydrogen (secondary N) is 1. The summed E-state index contributed by atoms with van der Waals surface area (Å²) in [6, 6.07) is 5.16. The first-order chi connectivity index (χ1) is 11.5. The van der Waals surface area contributed by atoms with Crippen molar-refractivity contribution in [3.8, 4) is 5.75 Å². The minimum atomic E-state index is -1.11. The SMILES string of the molecule is Cc1ccc(C)c2c1OCC[C@@H]2NC(=O)c1cncc(C(=O)O)c1. The zero-order valence-electron chi connectivity index (χ0n) is 13.5. The molecule has 2 heterocycles. The zero-order valence-corrected chi connectivity index (χ0v) is 13.5. The number of carboxylic acids is 1. The zero-order chi connectivity index (χ0) is 17.3. The molecule has 0 aliphatic carbocycles. The van der Waals surface area contributed by atoms with Crippen LogP contribution in [-0.4, -0.2) is 28.6 Å². The van der Waals surface area contributed by atoms with E-state index in [4.69, 9.17) is 9.84 Å². The van der Waals surface area contributed by atoms with Crippen LogP contribution in [0.1, 0.15) is 49.9 Å². The predicted molar refractivity (Wildman–Crippen MR) is 87.4 cm³/mol. The van der Waals surface area contributed by atoms with E-state index in [0.29, 0.717) is 13.0 Å². The van der Waals surface area contributed by atoms with Crippen molar-refractivity contribution in [2.45, 2.75) is 26.3 Å². The van der Waals surface area contributed by atoms with E-state index in [9.17, 15) is 9.59 Å². The van der Waals surface area contributed by atoms with Crippen molar-refractivity contribution in [3.05, 3.63) is 58.4 Å². The predicted octanol–water partition coefficient (Wildman–Crippen LogP) is 2.65. The van der Waals surface area contributed by atoms with Crippen molar-refractivity contribution >= 4 is 11.9 Å². The Hall–Kier alpha value is -2.89. The lowest BCUT2D eigenvalue weighted by Crippen LogP contribution is -2.33. The summed E-state index contributed by atoms with van der Waals surface area (Å²) in [5, 5.41) is 12.0. The third-order valence-electron chi connectivity index (χ3n) is 4.17. The number of nitrogens with zero attached hydrogens (tertiary/aromatic N) is 1. The van der Waals surface area contributed by atoms with Crippen LogP contribution in [0.15, 0.2) is 30.6 Å². The number of fused-ring (bicyclic) bond motifs is 1. The van der Waals surface area contributed by atoms with E-state index in [1.54, 1.807) is 0 Å². The first kappa shape index (κ1) is 16.0. The first-order valence-corrected chi connectivity index (χ1v) is 7.69. The average Bonchev–Trinajstić information content (AvgIpc) is 2.58. The van der Waals surface area contributed by atoms with Crippen molar-refractivity contribution in [1.29, 1.82) is 0 Å². The maximum atomic E-state index is 12.5. The van der Waals surface area contributed by atoms with Gasteiger partial charge in [-0.3, -0.25) is 9.78 Å². The van der Waals surface area contributed by atoms with E-state index in [0.717, 1.165) is 22.4 Å². The number of ether oxygens (including phenoxy) is 1. The molecule has 1 amide bonds. The number of rotatable bonds is 3. The summed E-state index contributed by atoms with van der Waals surface area (Å²) in [6.07, 6.45) is 3.25. The van der Waals surface area contributed by atoms with Crippen molar-refractivity contribution in [1.82, 2.24) is 10.3 Å². The highest BCUT2D eigenvalue weighted by Gasteiger charge is 2.26. The van der Waals surface area contributed by atoms with E-state index >= 15 is 0 Å². The van der Waals surface area contributed by atoms with Crippen LogP contribution in [0.3, 0.4) is 0 Å². The van der Waals surface area contributed by atoms with Gasteiger partial charge in [0.15, 0.2) is 0 Å². The Labute approximate surface area is 139 Å². The molecule has 0 unspecified atom stereocenters. The molecule has 24 heavy (non-hydrogen) atoms. The standard InChI is InChI=1S/C18H18N2O4/c1-10-3-4-11(2)16-15(10)14(5-6-24-16)20-17(21)12-7-13(18(22)23)9-19-8-12/h3-4,7-9,14H,5-6H2,1-2H3,(H,20,21)(H,22,23)/t14-/m0/s1. The number of aromatic carboxylic acids is 1. The van der Waals surface area contributed by atoms with Crippen LogP contribution in [0, 0.1) is 13.8 Å². The van der Waals surface area contributed by atoms with Gasteiger partial charge in [0.1, 0.15) is 5.75 Å². The number of hydrogen-bond donors (Lipinski definition) is 2. The third kappa shape index (κ3) is 2.95. The quantitative estimate of drug-likeness (QED) is 0.905. The molecule has 1 aromatic heterocycles. The molecule has 1 aromatic carbocycles. The van der Waals surface area contributed by atoms with Crippen LogP contribution in [0.5, 0.6) is 5.75 Å². The highest BCUT2D eigenvalue weighted by atomic mass is 16.5. The topological polar surface area (TPSA) is 88.5 Å². The Morgan fingerprint density at radius 2 is 1.92 bits per heavy atom. The summed E-state index contributed by atoms with van der Waals surface area (Å²) < 4.78 is 5.76. The highest BCUT2D eigenvalue weighted by Crippen LogP contribution is 2.37. The van der Waals surface area contributed by atoms with Crippen molar-refractivity contribution in [2.24, 2.45) is 0 Å². The molecule has 2 aromatic rings. The second-order valence-electron chi connectivity index (χ2n) is 5.87. The molecule has 6 nitrogen and oxygen atoms in total. The van der Waals surface area contributed by atoms with Crippen LogP contribution in [0.25, 0.3) is 0 Å². The van der Waals surface area contributed by atoms with Gasteiger partial charge >= 0.3 is 5.97 Å². The molecular formula is C18H18N2O4. The summed E-state index contributed by atoms with van der Waals surface area (Å²) in [5.74, 6) is -0.631. The van der Waals surface area contributed by atoms with Gasteiger partial charge < -0.3 is 15.2 Å². The fourth-order valence-electron chi connectivity index (χ4n) is 2.92. The van der Waals surface area contributed by atoms with Crippen molar-refractivity contribution < 1.29 is 19.4 Å². The number of aryl methyl sites for hydroxylation is 2. The number of aromatic nitrogens is 1. The number of carbonyl (C=O) groups excluding carboxylic acids is 1. The molecule has 0 saturated carbocycles. The molecule has 0 fully saturated rings. The number of amides is 1. The largest absolute Gasteiger partial charge is 0.493 e. The molecule has 0 spiro atoms. The third-order valence-corrected chi connectivity index (χ3v) is 4.17. The minimum Gasteiger partial charge on any atom is -0.493 e. The van der Waals surface area contributed by atoms with Gasteiger partial charge in [-0.1, -0.05) is 12.1 Å². The van der Waals surface area contributed by atoms with Gasteiger partial charge in [-0.15, -0.1) is 0 Å². The molecule has 6 heteroatoms. The molecule has 1 atom stereocenters. The second-order valence-corrected chi connectivity index (χ2v) is 5.87. The summed E-state index contributed by atoms with van der Waals surface area (Å²) in [7, 11) is 0. The molecule has 3 rings (SSSR count). The maximum absolute atomic E-state index is 12.5. The highest BCUT2D eigenvalue weighted by molar-refractivity contribution is 5.97. The second kappa shape index (κ2) is 6.31. The minimum absolute atomic E-state index is 0.0120. The van der Waals surface area contributed by atoms with Gasteiger partial charge in [0.05, 0.1) is 23.8 Å². The Balaban J connectivity index is 1.88. The number of carboxylic acid groups (broad SMARTS) is 1. The van der Waals surface area contributed by atoms with E-state index < -0.39 is 5.97 Å². The van der Waals surface area contributed by atoms with Gasteiger partial charge in [0.25, 0.3) is 5.91 Å². The molecule has 1 aliphatic heterocycles. The van der Waals surface area contributed by atoms with E-state index in [2.05, 4.69) is 10.3 Å². The Morgan fingerprint density at radius 3 is 2.67 bits per heavy atom. The van der Waals surface area contributed by atoms with Crippen LogP contribution in [0.2, 0.25) is 0 Å². The Morgan fingerprint density at radius 1 is 1.21 bits per heavy atom. The average molecular weight is 326 g/mol. The van der Waals surface area contributed by atoms with Gasteiger partial charge in [0.2, 0.25) is 0 Å². The molecule has 0 saturated heterocycles. The smallest absolute Gasteiger partial charge is 0.337 e. The normalized spacial score (nSPS) is 16.0. The number of pyridine rings is 1. The van der Waals surface area contributed by atoms with Crippen LogP contribution >= 0.6 is 0 Å². The van der Waals surface area contributed by atoms with Crippen molar-refractivity contribution in [2.75, 3.05) is 6.61 Å². The summed E-state index contributed by atoms with van der Waals surface area (Å²) >= 11 is 0. The van der Waals surface area contributed by atoms with E-state index in [1.807, 2.05) is 26.0 Å². The summed E-state index contributed by atoms with van der Waals surface area (Å²) in [4.78, 5) is 27.4. The van der Waals surface area contributed by atoms with Gasteiger partial charge in [0, 0.05) is 24.4 Å². The fraction of sp³-hybridized carbons (Fsp3) is 0.278. The fourth-order valence-corrected chi connectivity index (χ4v) is 2.92. The summed E-state index contributed by atoms with van der Waals surface area (Å²) in [5.41, 5.74) is 3.29. The lowest BCUT2D eigenvalue weighted by molar-refractivity contribution is 0.0696. The maximum Gasteiger partial charge on any atom is 0.337 e. The van der Waals surface area contributed by atoms with Crippen LogP contribution in [0.4, 0.5) is 0 Å². The number of carbonyl (C=O) groups is 2. The van der Waals surface area contributed by atoms with E-state index in [-0.39, 0.29) is 23.1 Å². The van der Waals surface area contributed by atoms with Gasteiger partial charge in [-0.2, -0.15) is 0 Å². The summed E-state index contributed by atoms with van der Waals surface area (Å²) in [6.45, 7) is 4.48. The molecule has 0 bridgehead atoms. The number of benzene rings is 1. The van der Waals surface area contributed by atoms with E-state index in [1.165, 1.54) is 18.5 Å². The van der Waals surface area contributed by atoms with Gasteiger partial charge in [-0.05, 0) is 31.0 Å².